The molecule has 2 aliphatic carbocycles. The van der Waals surface area contributed by atoms with Crippen molar-refractivity contribution in [2.45, 2.75) is 0 Å². The number of benzene rings is 2. The first kappa shape index (κ1) is 19.7. The van der Waals surface area contributed by atoms with Crippen LogP contribution < -0.4 is 21.9 Å². The third-order valence-corrected chi connectivity index (χ3v) is 5.87. The predicted octanol–water partition coefficient (Wildman–Crippen LogP) is 2.03. The average Bonchev–Trinajstić information content (AvgIpc) is 2.79. The largest absolute Gasteiger partial charge is 0.508 e. The van der Waals surface area contributed by atoms with Crippen molar-refractivity contribution in [1.29, 1.82) is 0 Å². The molecule has 4 aromatic rings. The summed E-state index contributed by atoms with van der Waals surface area (Å²) in [5.41, 5.74) is -0.499. The number of aromatic hydroxyl groups is 1. The number of phenols is 1. The Labute approximate surface area is 188 Å². The van der Waals surface area contributed by atoms with Crippen molar-refractivity contribution in [2.75, 3.05) is 0 Å². The van der Waals surface area contributed by atoms with Gasteiger partial charge in [-0.25, -0.2) is 9.59 Å². The molecule has 0 spiro atoms. The number of rotatable bonds is 1. The minimum absolute atomic E-state index is 0.0229. The van der Waals surface area contributed by atoms with Crippen LogP contribution in [0.5, 0.6) is 11.5 Å². The van der Waals surface area contributed by atoms with Crippen LogP contribution in [0, 0.1) is 0 Å². The molecule has 0 fully saturated rings. The van der Waals surface area contributed by atoms with Gasteiger partial charge in [-0.15, -0.1) is 0 Å². The molecule has 0 saturated heterocycles. The molecule has 0 bridgehead atoms. The van der Waals surface area contributed by atoms with Crippen LogP contribution in [0.4, 0.5) is 0 Å². The molecule has 2 aliphatic rings. The number of ketones is 2. The molecule has 0 amide bonds. The first-order valence-electron chi connectivity index (χ1n) is 10.1. The van der Waals surface area contributed by atoms with Crippen molar-refractivity contribution in [3.05, 3.63) is 84.6 Å². The van der Waals surface area contributed by atoms with Gasteiger partial charge in [0.1, 0.15) is 16.7 Å². The van der Waals surface area contributed by atoms with Crippen molar-refractivity contribution in [3.8, 4) is 11.5 Å². The molecule has 8 heteroatoms. The molecule has 0 atom stereocenters. The Bertz CT molecular complexity index is 1950. The van der Waals surface area contributed by atoms with Gasteiger partial charge in [-0.1, -0.05) is 0 Å². The SMILES string of the molecule is [O]c1cc2c(=O)oc3cc(O)ccc3c2cc1C1=Cc2c3c(oc(=O)c2=CC1=O)=CC(=O)C=C3. The number of Topliss-reactive ketones (excluding diaryl/α,β-unsaturated/α-hetero) is 1. The Morgan fingerprint density at radius 3 is 2.38 bits per heavy atom. The topological polar surface area (TPSA) is 135 Å². The molecule has 163 valence electrons. The van der Waals surface area contributed by atoms with Crippen LogP contribution in [0.2, 0.25) is 0 Å². The minimum atomic E-state index is -0.777. The lowest BCUT2D eigenvalue weighted by molar-refractivity contribution is -0.109. The Kier molecular flexibility index (Phi) is 3.91. The fourth-order valence-corrected chi connectivity index (χ4v) is 4.30. The zero-order valence-electron chi connectivity index (χ0n) is 17.1. The molecular formula is C26H11O8. The van der Waals surface area contributed by atoms with Crippen LogP contribution in [0.15, 0.2) is 54.8 Å². The van der Waals surface area contributed by atoms with Gasteiger partial charge in [0.25, 0.3) is 0 Å². The summed E-state index contributed by atoms with van der Waals surface area (Å²) in [4.78, 5) is 49.5. The Hall–Kier alpha value is -4.98. The number of allylic oxidation sites excluding steroid dienone is 2. The molecule has 2 heterocycles. The van der Waals surface area contributed by atoms with E-state index < -0.39 is 22.8 Å². The van der Waals surface area contributed by atoms with Gasteiger partial charge in [0.15, 0.2) is 17.3 Å². The van der Waals surface area contributed by atoms with Crippen LogP contribution in [-0.4, -0.2) is 16.7 Å². The first-order valence-corrected chi connectivity index (χ1v) is 10.1. The molecule has 0 aliphatic heterocycles. The van der Waals surface area contributed by atoms with Crippen molar-refractivity contribution < 1.29 is 28.6 Å². The Morgan fingerprint density at radius 1 is 0.735 bits per heavy atom. The monoisotopic (exact) mass is 451 g/mol. The Morgan fingerprint density at radius 2 is 1.56 bits per heavy atom. The number of carbonyl (C=O) groups excluding carboxylic acids is 2. The molecule has 1 radical (unpaired) electrons. The van der Waals surface area contributed by atoms with Crippen LogP contribution in [0.25, 0.3) is 51.6 Å². The summed E-state index contributed by atoms with van der Waals surface area (Å²) in [5, 5.41) is 23.6. The van der Waals surface area contributed by atoms with Gasteiger partial charge in [-0.05, 0) is 36.4 Å². The zero-order valence-corrected chi connectivity index (χ0v) is 17.1. The second kappa shape index (κ2) is 6.76. The van der Waals surface area contributed by atoms with E-state index in [0.717, 1.165) is 12.1 Å². The van der Waals surface area contributed by atoms with E-state index in [9.17, 15) is 29.4 Å². The first-order chi connectivity index (χ1) is 16.3. The van der Waals surface area contributed by atoms with E-state index in [0.29, 0.717) is 21.9 Å². The highest BCUT2D eigenvalue weighted by Crippen LogP contribution is 2.35. The van der Waals surface area contributed by atoms with Crippen molar-refractivity contribution in [1.82, 2.24) is 0 Å². The van der Waals surface area contributed by atoms with Crippen molar-refractivity contribution in [2.24, 2.45) is 0 Å². The van der Waals surface area contributed by atoms with Crippen LogP contribution in [0.3, 0.4) is 0 Å². The van der Waals surface area contributed by atoms with Gasteiger partial charge >= 0.3 is 11.3 Å². The normalized spacial score (nSPS) is 14.4. The van der Waals surface area contributed by atoms with Gasteiger partial charge < -0.3 is 13.9 Å². The number of phenolic OH excluding ortho intramolecular Hbond substituents is 1. The summed E-state index contributed by atoms with van der Waals surface area (Å²) in [6.07, 6.45) is 6.49. The molecule has 0 saturated carbocycles. The van der Waals surface area contributed by atoms with Gasteiger partial charge in [0.2, 0.25) is 0 Å². The van der Waals surface area contributed by atoms with E-state index in [1.807, 2.05) is 0 Å². The lowest BCUT2D eigenvalue weighted by Crippen LogP contribution is -2.36. The second-order valence-corrected chi connectivity index (χ2v) is 7.91. The summed E-state index contributed by atoms with van der Waals surface area (Å²) in [7, 11) is 0. The van der Waals surface area contributed by atoms with Gasteiger partial charge in [-0.2, -0.15) is 0 Å². The molecule has 6 rings (SSSR count). The molecule has 2 aromatic heterocycles. The maximum atomic E-state index is 13.0. The van der Waals surface area contributed by atoms with Crippen molar-refractivity contribution >= 4 is 63.2 Å². The lowest BCUT2D eigenvalue weighted by Gasteiger charge is -2.14. The standard InChI is InChI=1S/C26H11O8/c27-11-1-3-13-15-7-17(21(29)9-19(15)25(31)33-23(13)5-11)18-8-16-14-4-2-12(28)6-24(14)34-26(32)20(16)10-22(18)30/h1-10,27H. The van der Waals surface area contributed by atoms with E-state index >= 15 is 0 Å². The minimum Gasteiger partial charge on any atom is -0.508 e. The average molecular weight is 451 g/mol. The molecule has 1 N–H and O–H groups in total. The van der Waals surface area contributed by atoms with Gasteiger partial charge in [-0.3, -0.25) is 14.7 Å². The molecule has 8 nitrogen and oxygen atoms in total. The maximum absolute atomic E-state index is 13.0. The number of fused-ring (bicyclic) bond motifs is 6. The molecule has 2 aromatic carbocycles. The lowest BCUT2D eigenvalue weighted by atomic mass is 9.89. The summed E-state index contributed by atoms with van der Waals surface area (Å²) in [5.74, 6) is -1.60. The summed E-state index contributed by atoms with van der Waals surface area (Å²) in [6.45, 7) is 0. The van der Waals surface area contributed by atoms with Crippen LogP contribution >= 0.6 is 0 Å². The number of hydrogen-bond acceptors (Lipinski definition) is 7. The highest BCUT2D eigenvalue weighted by atomic mass is 16.4. The smallest absolute Gasteiger partial charge is 0.344 e. The fourth-order valence-electron chi connectivity index (χ4n) is 4.30. The highest BCUT2D eigenvalue weighted by Gasteiger charge is 2.24. The van der Waals surface area contributed by atoms with Gasteiger partial charge in [0.05, 0.1) is 10.6 Å². The van der Waals surface area contributed by atoms with Gasteiger partial charge in [0, 0.05) is 57.3 Å². The predicted molar refractivity (Wildman–Crippen MR) is 122 cm³/mol. The number of hydrogen-bond donors (Lipinski definition) is 1. The molecular weight excluding hydrogens is 440 g/mol. The second-order valence-electron chi connectivity index (χ2n) is 7.91. The van der Waals surface area contributed by atoms with E-state index in [1.165, 1.54) is 42.5 Å². The van der Waals surface area contributed by atoms with Crippen molar-refractivity contribution in [3.63, 3.8) is 0 Å². The quantitative estimate of drug-likeness (QED) is 0.346. The van der Waals surface area contributed by atoms with E-state index in [-0.39, 0.29) is 44.3 Å². The molecule has 34 heavy (non-hydrogen) atoms. The summed E-state index contributed by atoms with van der Waals surface area (Å²) >= 11 is 0. The summed E-state index contributed by atoms with van der Waals surface area (Å²) < 4.78 is 10.4. The third-order valence-electron chi connectivity index (χ3n) is 5.87. The van der Waals surface area contributed by atoms with Crippen LogP contribution in [0.1, 0.15) is 16.7 Å². The van der Waals surface area contributed by atoms with E-state index in [4.69, 9.17) is 8.83 Å². The van der Waals surface area contributed by atoms with Crippen LogP contribution in [-0.2, 0) is 14.7 Å². The zero-order chi connectivity index (χ0) is 23.7. The molecule has 0 unspecified atom stereocenters. The fraction of sp³-hybridized carbons (Fsp3) is 0. The highest BCUT2D eigenvalue weighted by molar-refractivity contribution is 6.39. The Balaban J connectivity index is 1.67. The third kappa shape index (κ3) is 2.79. The summed E-state index contributed by atoms with van der Waals surface area (Å²) in [6, 6.07) is 6.78. The van der Waals surface area contributed by atoms with E-state index in [2.05, 4.69) is 0 Å². The van der Waals surface area contributed by atoms with E-state index in [1.54, 1.807) is 6.07 Å². The number of carbonyl (C=O) groups is 2. The maximum Gasteiger partial charge on any atom is 0.344 e.